The van der Waals surface area contributed by atoms with Gasteiger partial charge in [0.15, 0.2) is 0 Å². The molecule has 1 heterocycles. The van der Waals surface area contributed by atoms with Gasteiger partial charge in [-0.15, -0.1) is 0 Å². The fourth-order valence-corrected chi connectivity index (χ4v) is 4.79. The van der Waals surface area contributed by atoms with Crippen LogP contribution in [0.2, 0.25) is 0 Å². The molecule has 2 aromatic rings. The Kier molecular flexibility index (Phi) is 4.89. The van der Waals surface area contributed by atoms with Crippen molar-refractivity contribution in [2.24, 2.45) is 5.41 Å². The van der Waals surface area contributed by atoms with E-state index in [4.69, 9.17) is 0 Å². The Labute approximate surface area is 165 Å². The molecule has 0 spiro atoms. The molecule has 1 aliphatic heterocycles. The fourth-order valence-electron chi connectivity index (χ4n) is 3.35. The predicted molar refractivity (Wildman–Crippen MR) is 115 cm³/mol. The van der Waals surface area contributed by atoms with Gasteiger partial charge in [-0.1, -0.05) is 39.0 Å². The first kappa shape index (κ1) is 19.9. The molecule has 0 aliphatic carbocycles. The molecule has 5 heteroatoms. The molecule has 0 radical (unpaired) electrons. The van der Waals surface area contributed by atoms with Crippen molar-refractivity contribution in [1.29, 1.82) is 0 Å². The molecular formula is C22H30N2O2S. The Bertz CT molecular complexity index is 894. The molecule has 0 amide bonds. The van der Waals surface area contributed by atoms with Crippen LogP contribution in [0.25, 0.3) is 11.1 Å². The third kappa shape index (κ3) is 3.90. The van der Waals surface area contributed by atoms with Gasteiger partial charge in [0.25, 0.3) is 0 Å². The Hall–Kier alpha value is -1.85. The molecule has 0 bridgehead atoms. The van der Waals surface area contributed by atoms with Gasteiger partial charge in [0.2, 0.25) is 11.2 Å². The van der Waals surface area contributed by atoms with Crippen LogP contribution in [0.5, 0.6) is 0 Å². The van der Waals surface area contributed by atoms with Crippen LogP contribution in [0.4, 0.5) is 11.4 Å². The number of benzene rings is 2. The largest absolute Gasteiger partial charge is 0.386 e. The molecule has 3 rings (SSSR count). The summed E-state index contributed by atoms with van der Waals surface area (Å²) in [6, 6.07) is 12.3. The van der Waals surface area contributed by atoms with E-state index in [1.165, 1.54) is 0 Å². The molecule has 27 heavy (non-hydrogen) atoms. The van der Waals surface area contributed by atoms with Gasteiger partial charge in [-0.25, -0.2) is 4.21 Å². The minimum absolute atomic E-state index is 0.0500. The van der Waals surface area contributed by atoms with Gasteiger partial charge in [0.1, 0.15) is 0 Å². The summed E-state index contributed by atoms with van der Waals surface area (Å²) >= 11 is -1.21. The van der Waals surface area contributed by atoms with Crippen molar-refractivity contribution < 1.29 is 9.32 Å². The highest BCUT2D eigenvalue weighted by molar-refractivity contribution is 7.88. The maximum absolute atomic E-state index is 12.9. The van der Waals surface area contributed by atoms with E-state index in [1.54, 1.807) is 13.8 Å². The van der Waals surface area contributed by atoms with Crippen LogP contribution in [0.1, 0.15) is 45.7 Å². The molecule has 1 N–H and O–H groups in total. The quantitative estimate of drug-likeness (QED) is 0.826. The van der Waals surface area contributed by atoms with Crippen molar-refractivity contribution in [2.45, 2.75) is 47.1 Å². The van der Waals surface area contributed by atoms with Crippen molar-refractivity contribution in [3.8, 4) is 11.1 Å². The van der Waals surface area contributed by atoms with Crippen LogP contribution in [0, 0.1) is 12.3 Å². The van der Waals surface area contributed by atoms with E-state index in [-0.39, 0.29) is 5.41 Å². The van der Waals surface area contributed by atoms with Crippen LogP contribution in [-0.2, 0) is 16.8 Å². The first-order chi connectivity index (χ1) is 12.4. The summed E-state index contributed by atoms with van der Waals surface area (Å²) in [5.74, 6) is 0. The first-order valence-electron chi connectivity index (χ1n) is 9.30. The van der Waals surface area contributed by atoms with Crippen LogP contribution in [0.3, 0.4) is 0 Å². The smallest absolute Gasteiger partial charge is 0.225 e. The molecule has 0 fully saturated rings. The standard InChI is InChI=1S/C22H30N2O2S/c1-15-8-10-17(22(5,6)25)13-18(15)16-9-11-19-20(12-16)23(7)27(26)24(19)14-21(2,3)4/h8-13,25H,14H2,1-7H3. The van der Waals surface area contributed by atoms with E-state index >= 15 is 0 Å². The summed E-state index contributed by atoms with van der Waals surface area (Å²) in [7, 11) is 1.88. The number of anilines is 2. The summed E-state index contributed by atoms with van der Waals surface area (Å²) in [6.07, 6.45) is 0. The second-order valence-corrected chi connectivity index (χ2v) is 10.6. The SMILES string of the molecule is Cc1ccc(C(C)(C)O)cc1-c1ccc2c(c1)N(C)S(=O)N2CC(C)(C)C. The minimum atomic E-state index is -1.21. The summed E-state index contributed by atoms with van der Waals surface area (Å²) in [4.78, 5) is 0. The molecule has 1 unspecified atom stereocenters. The molecule has 0 saturated carbocycles. The van der Waals surface area contributed by atoms with Crippen molar-refractivity contribution in [1.82, 2.24) is 0 Å². The lowest BCUT2D eigenvalue weighted by atomic mass is 9.91. The Morgan fingerprint density at radius 2 is 1.67 bits per heavy atom. The highest BCUT2D eigenvalue weighted by Crippen LogP contribution is 2.42. The van der Waals surface area contributed by atoms with Crippen LogP contribution < -0.4 is 8.61 Å². The lowest BCUT2D eigenvalue weighted by Crippen LogP contribution is -2.35. The molecule has 1 atom stereocenters. The number of rotatable bonds is 3. The highest BCUT2D eigenvalue weighted by atomic mass is 32.2. The number of hydrogen-bond donors (Lipinski definition) is 1. The zero-order chi connectivity index (χ0) is 20.1. The average molecular weight is 387 g/mol. The van der Waals surface area contributed by atoms with Gasteiger partial charge in [-0.2, -0.15) is 0 Å². The van der Waals surface area contributed by atoms with E-state index in [0.29, 0.717) is 0 Å². The second-order valence-electron chi connectivity index (χ2n) is 9.12. The minimum Gasteiger partial charge on any atom is -0.386 e. The van der Waals surface area contributed by atoms with Gasteiger partial charge < -0.3 is 5.11 Å². The van der Waals surface area contributed by atoms with Gasteiger partial charge in [0.05, 0.1) is 17.0 Å². The third-order valence-corrected chi connectivity index (χ3v) is 6.25. The van der Waals surface area contributed by atoms with Crippen molar-refractivity contribution in [3.05, 3.63) is 47.5 Å². The van der Waals surface area contributed by atoms with Crippen LogP contribution in [0.15, 0.2) is 36.4 Å². The van der Waals surface area contributed by atoms with Gasteiger partial charge in [0, 0.05) is 13.6 Å². The summed E-state index contributed by atoms with van der Waals surface area (Å²) in [5.41, 5.74) is 5.33. The summed E-state index contributed by atoms with van der Waals surface area (Å²) in [5, 5.41) is 10.4. The monoisotopic (exact) mass is 386 g/mol. The Morgan fingerprint density at radius 3 is 2.26 bits per heavy atom. The second kappa shape index (κ2) is 6.64. The van der Waals surface area contributed by atoms with Crippen molar-refractivity contribution >= 4 is 22.5 Å². The number of fused-ring (bicyclic) bond motifs is 1. The molecular weight excluding hydrogens is 356 g/mol. The number of nitrogens with zero attached hydrogens (tertiary/aromatic N) is 2. The molecule has 1 aliphatic rings. The van der Waals surface area contributed by atoms with Crippen molar-refractivity contribution in [3.63, 3.8) is 0 Å². The van der Waals surface area contributed by atoms with Crippen LogP contribution in [-0.4, -0.2) is 22.9 Å². The highest BCUT2D eigenvalue weighted by Gasteiger charge is 2.34. The van der Waals surface area contributed by atoms with E-state index < -0.39 is 16.8 Å². The lowest BCUT2D eigenvalue weighted by molar-refractivity contribution is 0.0786. The lowest BCUT2D eigenvalue weighted by Gasteiger charge is -2.26. The molecule has 4 nitrogen and oxygen atoms in total. The van der Waals surface area contributed by atoms with Gasteiger partial charge in [-0.05, 0) is 66.6 Å². The fraction of sp³-hybridized carbons (Fsp3) is 0.455. The topological polar surface area (TPSA) is 43.8 Å². The van der Waals surface area contributed by atoms with Gasteiger partial charge in [-0.3, -0.25) is 8.61 Å². The summed E-state index contributed by atoms with van der Waals surface area (Å²) in [6.45, 7) is 12.9. The number of aryl methyl sites for hydroxylation is 1. The predicted octanol–water partition coefficient (Wildman–Crippen LogP) is 4.77. The third-order valence-electron chi connectivity index (χ3n) is 4.88. The summed E-state index contributed by atoms with van der Waals surface area (Å²) < 4.78 is 16.7. The molecule has 2 aromatic carbocycles. The maximum Gasteiger partial charge on any atom is 0.225 e. The maximum atomic E-state index is 12.9. The number of aliphatic hydroxyl groups is 1. The van der Waals surface area contributed by atoms with Crippen molar-refractivity contribution in [2.75, 3.05) is 22.2 Å². The van der Waals surface area contributed by atoms with E-state index in [9.17, 15) is 9.32 Å². The Morgan fingerprint density at radius 1 is 1.00 bits per heavy atom. The number of hydrogen-bond acceptors (Lipinski definition) is 2. The van der Waals surface area contributed by atoms with Gasteiger partial charge >= 0.3 is 0 Å². The van der Waals surface area contributed by atoms with Crippen LogP contribution >= 0.6 is 0 Å². The zero-order valence-electron chi connectivity index (χ0n) is 17.3. The van der Waals surface area contributed by atoms with E-state index in [0.717, 1.165) is 40.2 Å². The molecule has 146 valence electrons. The Balaban J connectivity index is 2.07. The zero-order valence-corrected chi connectivity index (χ0v) is 18.1. The van der Waals surface area contributed by atoms with E-state index in [1.807, 2.05) is 27.8 Å². The molecule has 0 aromatic heterocycles. The normalized spacial score (nSPS) is 17.4. The first-order valence-corrected chi connectivity index (χ1v) is 10.4. The van der Waals surface area contributed by atoms with E-state index in [2.05, 4.69) is 52.0 Å². The molecule has 0 saturated heterocycles. The average Bonchev–Trinajstić information content (AvgIpc) is 2.77.